The lowest BCUT2D eigenvalue weighted by Gasteiger charge is -2.38. The molecule has 1 aliphatic rings. The monoisotopic (exact) mass is 423 g/mol. The number of carbonyl (C=O) groups excluding carboxylic acids is 1. The standard InChI is InChI=1S/C26H38N4O/c1-26(2,3)19-25(31)27-20-24(21-11-13-22(14-12-21)28(4)5)30-17-15-29(16-18-30)23-9-7-6-8-10-23/h6-14,24H,15-20H2,1-5H3,(H,27,31)/p+1/t24-/m0/s1. The molecule has 0 aromatic heterocycles. The smallest absolute Gasteiger partial charge is 0.220 e. The van der Waals surface area contributed by atoms with Crippen molar-refractivity contribution >= 4 is 17.3 Å². The van der Waals surface area contributed by atoms with Crippen LogP contribution in [0.1, 0.15) is 38.8 Å². The highest BCUT2D eigenvalue weighted by molar-refractivity contribution is 5.76. The van der Waals surface area contributed by atoms with E-state index in [1.54, 1.807) is 4.90 Å². The predicted octanol–water partition coefficient (Wildman–Crippen LogP) is 2.75. The zero-order chi connectivity index (χ0) is 22.4. The average molecular weight is 424 g/mol. The van der Waals surface area contributed by atoms with E-state index in [0.29, 0.717) is 13.0 Å². The largest absolute Gasteiger partial charge is 0.378 e. The molecule has 1 fully saturated rings. The molecule has 0 radical (unpaired) electrons. The molecule has 2 aromatic rings. The lowest BCUT2D eigenvalue weighted by Crippen LogP contribution is -3.15. The van der Waals surface area contributed by atoms with Crippen LogP contribution in [0, 0.1) is 5.41 Å². The fraction of sp³-hybridized carbons (Fsp3) is 0.500. The van der Waals surface area contributed by atoms with Crippen LogP contribution in [-0.4, -0.2) is 52.7 Å². The van der Waals surface area contributed by atoms with Gasteiger partial charge in [-0.05, 0) is 29.7 Å². The summed E-state index contributed by atoms with van der Waals surface area (Å²) in [6.07, 6.45) is 0.552. The first-order valence-corrected chi connectivity index (χ1v) is 11.4. The van der Waals surface area contributed by atoms with E-state index in [9.17, 15) is 4.79 Å². The molecule has 1 saturated heterocycles. The van der Waals surface area contributed by atoms with E-state index in [1.807, 2.05) is 0 Å². The second-order valence-electron chi connectivity index (χ2n) is 10.1. The maximum atomic E-state index is 12.5. The molecule has 1 atom stereocenters. The number of rotatable bonds is 7. The van der Waals surface area contributed by atoms with Crippen molar-refractivity contribution in [1.29, 1.82) is 0 Å². The molecule has 3 rings (SSSR count). The minimum Gasteiger partial charge on any atom is -0.378 e. The lowest BCUT2D eigenvalue weighted by atomic mass is 9.92. The molecule has 1 heterocycles. The minimum absolute atomic E-state index is 0.00110. The van der Waals surface area contributed by atoms with Gasteiger partial charge in [0.05, 0.1) is 32.7 Å². The summed E-state index contributed by atoms with van der Waals surface area (Å²) in [6.45, 7) is 11.2. The van der Waals surface area contributed by atoms with Gasteiger partial charge in [-0.1, -0.05) is 51.1 Å². The van der Waals surface area contributed by atoms with Crippen LogP contribution >= 0.6 is 0 Å². The number of nitrogens with one attached hydrogen (secondary N) is 2. The number of hydrogen-bond acceptors (Lipinski definition) is 3. The van der Waals surface area contributed by atoms with Crippen LogP contribution in [0.4, 0.5) is 11.4 Å². The summed E-state index contributed by atoms with van der Waals surface area (Å²) in [5.41, 5.74) is 3.79. The third-order valence-electron chi connectivity index (χ3n) is 6.03. The van der Waals surface area contributed by atoms with Gasteiger partial charge in [-0.3, -0.25) is 4.79 Å². The molecular formula is C26H39N4O+. The van der Waals surface area contributed by atoms with Crippen molar-refractivity contribution in [3.8, 4) is 0 Å². The van der Waals surface area contributed by atoms with Gasteiger partial charge in [0.1, 0.15) is 6.04 Å². The average Bonchev–Trinajstić information content (AvgIpc) is 2.74. The Morgan fingerprint density at radius 1 is 1.03 bits per heavy atom. The van der Waals surface area contributed by atoms with Gasteiger partial charge in [0.15, 0.2) is 0 Å². The van der Waals surface area contributed by atoms with E-state index in [0.717, 1.165) is 26.2 Å². The molecular weight excluding hydrogens is 384 g/mol. The first kappa shape index (κ1) is 23.1. The molecule has 1 amide bonds. The van der Waals surface area contributed by atoms with Gasteiger partial charge in [-0.2, -0.15) is 0 Å². The second-order valence-corrected chi connectivity index (χ2v) is 10.1. The van der Waals surface area contributed by atoms with Crippen LogP contribution in [0.3, 0.4) is 0 Å². The van der Waals surface area contributed by atoms with Crippen molar-refractivity contribution in [3.05, 3.63) is 60.2 Å². The highest BCUT2D eigenvalue weighted by Gasteiger charge is 2.29. The Kier molecular flexibility index (Phi) is 7.60. The third kappa shape index (κ3) is 6.73. The number of quaternary nitrogens is 1. The molecule has 5 nitrogen and oxygen atoms in total. The Bertz CT molecular complexity index is 819. The summed E-state index contributed by atoms with van der Waals surface area (Å²) < 4.78 is 0. The lowest BCUT2D eigenvalue weighted by molar-refractivity contribution is -0.931. The van der Waals surface area contributed by atoms with Gasteiger partial charge in [0.2, 0.25) is 5.91 Å². The maximum absolute atomic E-state index is 12.5. The number of hydrogen-bond donors (Lipinski definition) is 2. The molecule has 1 aliphatic heterocycles. The van der Waals surface area contributed by atoms with Crippen LogP contribution in [0.15, 0.2) is 54.6 Å². The van der Waals surface area contributed by atoms with Crippen molar-refractivity contribution < 1.29 is 9.69 Å². The summed E-state index contributed by atoms with van der Waals surface area (Å²) in [6, 6.07) is 19.7. The molecule has 0 saturated carbocycles. The zero-order valence-corrected chi connectivity index (χ0v) is 19.8. The quantitative estimate of drug-likeness (QED) is 0.719. The van der Waals surface area contributed by atoms with E-state index < -0.39 is 0 Å². The fourth-order valence-corrected chi connectivity index (χ4v) is 4.30. The molecule has 2 aromatic carbocycles. The maximum Gasteiger partial charge on any atom is 0.220 e. The molecule has 168 valence electrons. The summed E-state index contributed by atoms with van der Waals surface area (Å²) in [5, 5.41) is 3.23. The summed E-state index contributed by atoms with van der Waals surface area (Å²) in [5.74, 6) is 0.143. The number of amides is 1. The van der Waals surface area contributed by atoms with Crippen molar-refractivity contribution in [2.24, 2.45) is 5.41 Å². The van der Waals surface area contributed by atoms with Gasteiger partial charge in [0.25, 0.3) is 0 Å². The summed E-state index contributed by atoms with van der Waals surface area (Å²) in [7, 11) is 4.13. The van der Waals surface area contributed by atoms with Crippen LogP contribution in [0.5, 0.6) is 0 Å². The number of benzene rings is 2. The van der Waals surface area contributed by atoms with Crippen molar-refractivity contribution in [3.63, 3.8) is 0 Å². The molecule has 0 unspecified atom stereocenters. The molecule has 0 bridgehead atoms. The van der Waals surface area contributed by atoms with Gasteiger partial charge >= 0.3 is 0 Å². The van der Waals surface area contributed by atoms with E-state index >= 15 is 0 Å². The Balaban J connectivity index is 1.70. The van der Waals surface area contributed by atoms with Crippen molar-refractivity contribution in [2.75, 3.05) is 56.6 Å². The highest BCUT2D eigenvalue weighted by Crippen LogP contribution is 2.20. The van der Waals surface area contributed by atoms with E-state index in [1.165, 1.54) is 16.9 Å². The van der Waals surface area contributed by atoms with E-state index in [-0.39, 0.29) is 17.4 Å². The summed E-state index contributed by atoms with van der Waals surface area (Å²) >= 11 is 0. The van der Waals surface area contributed by atoms with Crippen LogP contribution in [0.25, 0.3) is 0 Å². The SMILES string of the molecule is CN(C)c1ccc([C@H](CNC(=O)CC(C)(C)C)[NH+]2CCN(c3ccccc3)CC2)cc1. The van der Waals surface area contributed by atoms with Crippen molar-refractivity contribution in [2.45, 2.75) is 33.2 Å². The van der Waals surface area contributed by atoms with Gasteiger partial charge in [-0.15, -0.1) is 0 Å². The Hall–Kier alpha value is -2.53. The number of para-hydroxylation sites is 1. The van der Waals surface area contributed by atoms with Crippen molar-refractivity contribution in [1.82, 2.24) is 5.32 Å². The molecule has 31 heavy (non-hydrogen) atoms. The Morgan fingerprint density at radius 3 is 2.19 bits per heavy atom. The van der Waals surface area contributed by atoms with Gasteiger partial charge < -0.3 is 20.0 Å². The van der Waals surface area contributed by atoms with Gasteiger partial charge in [0, 0.05) is 37.5 Å². The third-order valence-corrected chi connectivity index (χ3v) is 6.03. The topological polar surface area (TPSA) is 40.0 Å². The number of carbonyl (C=O) groups is 1. The van der Waals surface area contributed by atoms with Crippen LogP contribution < -0.4 is 20.0 Å². The van der Waals surface area contributed by atoms with Gasteiger partial charge in [-0.25, -0.2) is 0 Å². The van der Waals surface area contributed by atoms with E-state index in [2.05, 4.69) is 105 Å². The Morgan fingerprint density at radius 2 is 1.65 bits per heavy atom. The molecule has 0 spiro atoms. The number of anilines is 2. The Labute approximate surface area is 188 Å². The number of nitrogens with zero attached hydrogens (tertiary/aromatic N) is 2. The minimum atomic E-state index is 0.00110. The second kappa shape index (κ2) is 10.2. The molecule has 2 N–H and O–H groups in total. The zero-order valence-electron chi connectivity index (χ0n) is 19.8. The molecule has 5 heteroatoms. The van der Waals surface area contributed by atoms with Crippen LogP contribution in [0.2, 0.25) is 0 Å². The normalized spacial score (nSPS) is 16.1. The first-order chi connectivity index (χ1) is 14.7. The van der Waals surface area contributed by atoms with E-state index in [4.69, 9.17) is 0 Å². The molecule has 0 aliphatic carbocycles. The number of piperazine rings is 1. The highest BCUT2D eigenvalue weighted by atomic mass is 16.1. The van der Waals surface area contributed by atoms with Crippen LogP contribution in [-0.2, 0) is 4.79 Å². The fourth-order valence-electron chi connectivity index (χ4n) is 4.30. The predicted molar refractivity (Wildman–Crippen MR) is 130 cm³/mol. The first-order valence-electron chi connectivity index (χ1n) is 11.4. The summed E-state index contributed by atoms with van der Waals surface area (Å²) in [4.78, 5) is 18.7.